The second-order valence-corrected chi connectivity index (χ2v) is 7.25. The molecule has 6 heteroatoms. The Bertz CT molecular complexity index is 560. The van der Waals surface area contributed by atoms with Crippen molar-refractivity contribution in [3.63, 3.8) is 0 Å². The Morgan fingerprint density at radius 3 is 2.87 bits per heavy atom. The largest absolute Gasteiger partial charge is 0.383 e. The van der Waals surface area contributed by atoms with Crippen molar-refractivity contribution < 1.29 is 14.3 Å². The fourth-order valence-corrected chi connectivity index (χ4v) is 4.37. The number of likely N-dealkylation sites (tertiary alicyclic amines) is 2. The molecule has 0 bridgehead atoms. The summed E-state index contributed by atoms with van der Waals surface area (Å²) in [5.74, 6) is 0.365. The van der Waals surface area contributed by atoms with Gasteiger partial charge in [0.05, 0.1) is 17.6 Å². The van der Waals surface area contributed by atoms with Crippen LogP contribution < -0.4 is 0 Å². The average Bonchev–Trinajstić information content (AvgIpc) is 3.12. The zero-order chi connectivity index (χ0) is 16.3. The van der Waals surface area contributed by atoms with Gasteiger partial charge in [-0.1, -0.05) is 0 Å². The molecule has 2 fully saturated rings. The molecule has 23 heavy (non-hydrogen) atoms. The highest BCUT2D eigenvalue weighted by atomic mass is 32.1. The van der Waals surface area contributed by atoms with Crippen molar-refractivity contribution in [3.8, 4) is 0 Å². The van der Waals surface area contributed by atoms with Crippen LogP contribution in [-0.2, 0) is 9.53 Å². The SMILES string of the molecule is COCCN1CCC2(CCCN(C(=O)c3ccsc3)CC2)C1=O. The van der Waals surface area contributed by atoms with Gasteiger partial charge in [-0.2, -0.15) is 11.3 Å². The molecule has 0 aromatic carbocycles. The highest BCUT2D eigenvalue weighted by Gasteiger charge is 2.46. The normalized spacial score (nSPS) is 25.2. The quantitative estimate of drug-likeness (QED) is 0.847. The van der Waals surface area contributed by atoms with Gasteiger partial charge in [0.15, 0.2) is 0 Å². The highest BCUT2D eigenvalue weighted by Crippen LogP contribution is 2.41. The lowest BCUT2D eigenvalue weighted by Crippen LogP contribution is -2.37. The zero-order valence-electron chi connectivity index (χ0n) is 13.6. The maximum Gasteiger partial charge on any atom is 0.254 e. The summed E-state index contributed by atoms with van der Waals surface area (Å²) in [5, 5.41) is 3.83. The summed E-state index contributed by atoms with van der Waals surface area (Å²) in [6.07, 6.45) is 3.49. The van der Waals surface area contributed by atoms with Crippen molar-refractivity contribution in [2.45, 2.75) is 25.7 Å². The summed E-state index contributed by atoms with van der Waals surface area (Å²) in [5.41, 5.74) is 0.516. The zero-order valence-corrected chi connectivity index (χ0v) is 14.4. The van der Waals surface area contributed by atoms with E-state index in [0.717, 1.165) is 44.3 Å². The van der Waals surface area contributed by atoms with Crippen molar-refractivity contribution in [2.24, 2.45) is 5.41 Å². The molecule has 2 aliphatic heterocycles. The van der Waals surface area contributed by atoms with Crippen LogP contribution in [0, 0.1) is 5.41 Å². The molecule has 3 rings (SSSR count). The van der Waals surface area contributed by atoms with Crippen LogP contribution >= 0.6 is 11.3 Å². The van der Waals surface area contributed by atoms with Crippen molar-refractivity contribution in [2.75, 3.05) is 39.9 Å². The van der Waals surface area contributed by atoms with Crippen LogP contribution in [0.3, 0.4) is 0 Å². The van der Waals surface area contributed by atoms with E-state index in [2.05, 4.69) is 0 Å². The molecule has 2 amide bonds. The lowest BCUT2D eigenvalue weighted by atomic mass is 9.79. The molecular weight excluding hydrogens is 312 g/mol. The molecule has 0 aliphatic carbocycles. The Hall–Kier alpha value is -1.40. The number of methoxy groups -OCH3 is 1. The van der Waals surface area contributed by atoms with Crippen molar-refractivity contribution in [1.82, 2.24) is 9.80 Å². The first-order chi connectivity index (χ1) is 11.2. The molecule has 0 radical (unpaired) electrons. The van der Waals surface area contributed by atoms with Gasteiger partial charge in [0, 0.05) is 38.7 Å². The molecule has 1 aromatic heterocycles. The average molecular weight is 336 g/mol. The minimum absolute atomic E-state index is 0.102. The summed E-state index contributed by atoms with van der Waals surface area (Å²) in [6, 6.07) is 1.88. The molecular formula is C17H24N2O3S. The molecule has 2 saturated heterocycles. The first-order valence-corrected chi connectivity index (χ1v) is 9.20. The lowest BCUT2D eigenvalue weighted by Gasteiger charge is -2.26. The highest BCUT2D eigenvalue weighted by molar-refractivity contribution is 7.08. The molecule has 1 atom stereocenters. The Morgan fingerprint density at radius 2 is 2.13 bits per heavy atom. The summed E-state index contributed by atoms with van der Waals surface area (Å²) >= 11 is 1.54. The van der Waals surface area contributed by atoms with Gasteiger partial charge >= 0.3 is 0 Å². The van der Waals surface area contributed by atoms with Crippen LogP contribution in [0.1, 0.15) is 36.0 Å². The third kappa shape index (κ3) is 3.28. The first-order valence-electron chi connectivity index (χ1n) is 8.26. The van der Waals surface area contributed by atoms with E-state index < -0.39 is 0 Å². The Kier molecular flexibility index (Phi) is 5.02. The first kappa shape index (κ1) is 16.5. The third-order valence-corrected chi connectivity index (χ3v) is 5.85. The number of carbonyl (C=O) groups excluding carboxylic acids is 2. The van der Waals surface area contributed by atoms with E-state index in [1.165, 1.54) is 0 Å². The van der Waals surface area contributed by atoms with Gasteiger partial charge in [-0.05, 0) is 37.1 Å². The van der Waals surface area contributed by atoms with Crippen molar-refractivity contribution in [1.29, 1.82) is 0 Å². The molecule has 1 spiro atoms. The lowest BCUT2D eigenvalue weighted by molar-refractivity contribution is -0.137. The minimum atomic E-state index is -0.253. The van der Waals surface area contributed by atoms with Gasteiger partial charge in [0.1, 0.15) is 0 Å². The standard InChI is InChI=1S/C17H24N2O3S/c1-22-11-10-19-9-6-17(16(19)21)4-2-7-18(8-5-17)15(20)14-3-12-23-13-14/h3,12-13H,2,4-11H2,1H3. The van der Waals surface area contributed by atoms with Crippen LogP contribution in [0.15, 0.2) is 16.8 Å². The maximum absolute atomic E-state index is 12.8. The predicted molar refractivity (Wildman–Crippen MR) is 89.6 cm³/mol. The predicted octanol–water partition coefficient (Wildman–Crippen LogP) is 2.24. The Balaban J connectivity index is 1.64. The van der Waals surface area contributed by atoms with E-state index >= 15 is 0 Å². The fourth-order valence-electron chi connectivity index (χ4n) is 3.74. The molecule has 1 unspecified atom stereocenters. The smallest absolute Gasteiger partial charge is 0.254 e. The molecule has 3 heterocycles. The number of hydrogen-bond donors (Lipinski definition) is 0. The van der Waals surface area contributed by atoms with Gasteiger partial charge in [-0.25, -0.2) is 0 Å². The van der Waals surface area contributed by atoms with Crippen LogP contribution in [0.25, 0.3) is 0 Å². The van der Waals surface area contributed by atoms with E-state index in [1.54, 1.807) is 18.4 Å². The second-order valence-electron chi connectivity index (χ2n) is 6.47. The van der Waals surface area contributed by atoms with Crippen molar-refractivity contribution in [3.05, 3.63) is 22.4 Å². The van der Waals surface area contributed by atoms with Crippen LogP contribution in [0.4, 0.5) is 0 Å². The van der Waals surface area contributed by atoms with E-state index in [0.29, 0.717) is 19.7 Å². The summed E-state index contributed by atoms with van der Waals surface area (Å²) in [4.78, 5) is 29.2. The topological polar surface area (TPSA) is 49.9 Å². The van der Waals surface area contributed by atoms with E-state index in [4.69, 9.17) is 4.74 Å². The molecule has 0 N–H and O–H groups in total. The molecule has 126 valence electrons. The summed E-state index contributed by atoms with van der Waals surface area (Å²) in [7, 11) is 1.66. The third-order valence-electron chi connectivity index (χ3n) is 5.17. The number of thiophene rings is 1. The van der Waals surface area contributed by atoms with Gasteiger partial charge in [0.2, 0.25) is 5.91 Å². The van der Waals surface area contributed by atoms with Crippen LogP contribution in [0.2, 0.25) is 0 Å². The van der Waals surface area contributed by atoms with Gasteiger partial charge in [-0.15, -0.1) is 0 Å². The van der Waals surface area contributed by atoms with Gasteiger partial charge in [0.25, 0.3) is 5.91 Å². The number of nitrogens with zero attached hydrogens (tertiary/aromatic N) is 2. The Morgan fingerprint density at radius 1 is 1.30 bits per heavy atom. The number of amides is 2. The van der Waals surface area contributed by atoms with Gasteiger partial charge < -0.3 is 14.5 Å². The van der Waals surface area contributed by atoms with Crippen LogP contribution in [0.5, 0.6) is 0 Å². The minimum Gasteiger partial charge on any atom is -0.383 e. The van der Waals surface area contributed by atoms with Crippen molar-refractivity contribution >= 4 is 23.2 Å². The van der Waals surface area contributed by atoms with Gasteiger partial charge in [-0.3, -0.25) is 9.59 Å². The Labute approximate surface area is 141 Å². The molecule has 0 saturated carbocycles. The van der Waals surface area contributed by atoms with E-state index in [-0.39, 0.29) is 17.2 Å². The summed E-state index contributed by atoms with van der Waals surface area (Å²) in [6.45, 7) is 3.51. The van der Waals surface area contributed by atoms with E-state index in [9.17, 15) is 9.59 Å². The van der Waals surface area contributed by atoms with E-state index in [1.807, 2.05) is 26.6 Å². The molecule has 5 nitrogen and oxygen atoms in total. The summed E-state index contributed by atoms with van der Waals surface area (Å²) < 4.78 is 5.10. The maximum atomic E-state index is 12.8. The number of carbonyl (C=O) groups is 2. The number of ether oxygens (including phenoxy) is 1. The van der Waals surface area contributed by atoms with Crippen LogP contribution in [-0.4, -0.2) is 61.5 Å². The molecule has 2 aliphatic rings. The second kappa shape index (κ2) is 7.01. The number of hydrogen-bond acceptors (Lipinski definition) is 4. The number of rotatable bonds is 4. The fraction of sp³-hybridized carbons (Fsp3) is 0.647. The monoisotopic (exact) mass is 336 g/mol. The molecule has 1 aromatic rings.